The van der Waals surface area contributed by atoms with Crippen molar-refractivity contribution in [1.82, 2.24) is 14.3 Å². The smallest absolute Gasteiger partial charge is 0.259 e. The van der Waals surface area contributed by atoms with Crippen LogP contribution in [0.2, 0.25) is 5.02 Å². The van der Waals surface area contributed by atoms with Gasteiger partial charge in [0.25, 0.3) is 5.56 Å². The minimum atomic E-state index is -0.219. The number of aromatic nitrogens is 3. The number of Topliss-reactive ketones (excluding diaryl/α,β-unsaturated/α-hetero) is 1. The minimum absolute atomic E-state index is 0.0779. The Bertz CT molecular complexity index is 1390. The van der Waals surface area contributed by atoms with E-state index < -0.39 is 0 Å². The molecule has 0 aliphatic carbocycles. The lowest BCUT2D eigenvalue weighted by atomic mass is 9.94. The molecule has 0 bridgehead atoms. The zero-order chi connectivity index (χ0) is 22.9. The number of carbonyl (C=O) groups is 1. The Morgan fingerprint density at radius 3 is 2.73 bits per heavy atom. The Labute approximate surface area is 196 Å². The van der Waals surface area contributed by atoms with Gasteiger partial charge in [-0.3, -0.25) is 14.2 Å². The van der Waals surface area contributed by atoms with Crippen molar-refractivity contribution in [2.45, 2.75) is 39.0 Å². The number of fused-ring (bicyclic) bond motifs is 1. The molecule has 1 saturated heterocycles. The van der Waals surface area contributed by atoms with E-state index in [4.69, 9.17) is 16.3 Å². The Kier molecular flexibility index (Phi) is 5.87. The monoisotopic (exact) mass is 461 g/mol. The minimum Gasteiger partial charge on any atom is -0.357 e. The van der Waals surface area contributed by atoms with Gasteiger partial charge in [-0.1, -0.05) is 48.9 Å². The van der Waals surface area contributed by atoms with Gasteiger partial charge in [0.05, 0.1) is 18.4 Å². The van der Waals surface area contributed by atoms with E-state index in [1.54, 1.807) is 33.6 Å². The van der Waals surface area contributed by atoms with Crippen molar-refractivity contribution >= 4 is 28.2 Å². The average molecular weight is 462 g/mol. The summed E-state index contributed by atoms with van der Waals surface area (Å²) in [5.74, 6) is -0.0978. The fraction of sp³-hybridized carbons (Fsp3) is 0.269. The van der Waals surface area contributed by atoms with Gasteiger partial charge in [0.1, 0.15) is 6.23 Å². The molecule has 1 atom stereocenters. The number of ether oxygens (including phenoxy) is 1. The predicted molar refractivity (Wildman–Crippen MR) is 129 cm³/mol. The molecule has 0 spiro atoms. The largest absolute Gasteiger partial charge is 0.357 e. The van der Waals surface area contributed by atoms with Crippen LogP contribution in [-0.4, -0.2) is 26.7 Å². The molecule has 5 rings (SSSR count). The molecule has 1 aliphatic rings. The number of hydrogen-bond donors (Lipinski definition) is 0. The topological polar surface area (TPSA) is 66.1 Å². The molecule has 4 aromatic rings. The van der Waals surface area contributed by atoms with Crippen molar-refractivity contribution in [3.8, 4) is 11.1 Å². The lowest BCUT2D eigenvalue weighted by molar-refractivity contribution is 0.0467. The van der Waals surface area contributed by atoms with Crippen molar-refractivity contribution in [1.29, 1.82) is 0 Å². The summed E-state index contributed by atoms with van der Waals surface area (Å²) >= 11 is 6.31. The summed E-state index contributed by atoms with van der Waals surface area (Å²) in [5.41, 5.74) is 2.61. The average Bonchev–Trinajstić information content (AvgIpc) is 3.53. The Morgan fingerprint density at radius 2 is 2.00 bits per heavy atom. The molecule has 0 N–H and O–H groups in total. The third kappa shape index (κ3) is 4.01. The molecule has 2 aromatic carbocycles. The number of nitrogens with zero attached hydrogens (tertiary/aromatic N) is 3. The summed E-state index contributed by atoms with van der Waals surface area (Å²) in [6.45, 7) is 2.77. The maximum Gasteiger partial charge on any atom is 0.259 e. The number of carbonyl (C=O) groups excluding carboxylic acids is 1. The predicted octanol–water partition coefficient (Wildman–Crippen LogP) is 5.47. The van der Waals surface area contributed by atoms with Gasteiger partial charge >= 0.3 is 0 Å². The standard InChI is InChI=1S/C26H24ClN3O3/c1-2-22(31)25-24(18-7-4-3-5-8-18)21-13-19(27)10-11-20(21)26(32)29(25)15-17-14-28-30(16-17)23-9-6-12-33-23/h3-5,7-8,10-11,13-14,16,23H,2,6,9,12,15H2,1H3. The Balaban J connectivity index is 1.74. The first-order chi connectivity index (χ1) is 16.1. The molecule has 1 fully saturated rings. The van der Waals surface area contributed by atoms with Gasteiger partial charge in [-0.15, -0.1) is 0 Å². The summed E-state index contributed by atoms with van der Waals surface area (Å²) < 4.78 is 9.10. The van der Waals surface area contributed by atoms with Crippen molar-refractivity contribution in [3.05, 3.63) is 87.6 Å². The Hall–Kier alpha value is -3.22. The molecule has 1 aliphatic heterocycles. The second kappa shape index (κ2) is 8.96. The van der Waals surface area contributed by atoms with Crippen LogP contribution in [0.15, 0.2) is 65.7 Å². The van der Waals surface area contributed by atoms with E-state index in [9.17, 15) is 9.59 Å². The van der Waals surface area contributed by atoms with Gasteiger partial charge in [-0.25, -0.2) is 4.68 Å². The number of rotatable bonds is 6. The van der Waals surface area contributed by atoms with E-state index in [0.717, 1.165) is 36.1 Å². The molecule has 3 heterocycles. The molecule has 0 radical (unpaired) electrons. The highest BCUT2D eigenvalue weighted by molar-refractivity contribution is 6.31. The van der Waals surface area contributed by atoms with Gasteiger partial charge < -0.3 is 4.74 Å². The maximum atomic E-state index is 13.6. The summed E-state index contributed by atoms with van der Waals surface area (Å²) in [4.78, 5) is 26.9. The van der Waals surface area contributed by atoms with E-state index in [2.05, 4.69) is 5.10 Å². The second-order valence-electron chi connectivity index (χ2n) is 8.24. The third-order valence-corrected chi connectivity index (χ3v) is 6.31. The normalized spacial score (nSPS) is 15.9. The molecule has 0 amide bonds. The number of hydrogen-bond acceptors (Lipinski definition) is 4. The van der Waals surface area contributed by atoms with Crippen LogP contribution in [0.1, 0.15) is 48.5 Å². The molecule has 7 heteroatoms. The molecule has 168 valence electrons. The number of ketones is 1. The lowest BCUT2D eigenvalue weighted by Gasteiger charge is -2.19. The second-order valence-corrected chi connectivity index (χ2v) is 8.68. The zero-order valence-electron chi connectivity index (χ0n) is 18.3. The summed E-state index contributed by atoms with van der Waals surface area (Å²) in [5, 5.41) is 6.17. The van der Waals surface area contributed by atoms with E-state index in [-0.39, 0.29) is 30.5 Å². The quantitative estimate of drug-likeness (QED) is 0.357. The van der Waals surface area contributed by atoms with E-state index in [1.165, 1.54) is 0 Å². The van der Waals surface area contributed by atoms with Crippen molar-refractivity contribution in [2.24, 2.45) is 0 Å². The summed E-state index contributed by atoms with van der Waals surface area (Å²) in [6, 6.07) is 14.9. The van der Waals surface area contributed by atoms with Gasteiger partial charge in [-0.05, 0) is 42.0 Å². The summed E-state index contributed by atoms with van der Waals surface area (Å²) in [6.07, 6.45) is 5.75. The van der Waals surface area contributed by atoms with Gasteiger partial charge in [0.15, 0.2) is 5.78 Å². The number of benzene rings is 2. The first-order valence-electron chi connectivity index (χ1n) is 11.2. The van der Waals surface area contributed by atoms with Crippen LogP contribution in [0.3, 0.4) is 0 Å². The van der Waals surface area contributed by atoms with Crippen molar-refractivity contribution in [2.75, 3.05) is 6.61 Å². The first kappa shape index (κ1) is 21.6. The van der Waals surface area contributed by atoms with Crippen molar-refractivity contribution < 1.29 is 9.53 Å². The van der Waals surface area contributed by atoms with E-state index in [0.29, 0.717) is 21.5 Å². The van der Waals surface area contributed by atoms with Crippen LogP contribution >= 0.6 is 11.6 Å². The van der Waals surface area contributed by atoms with Gasteiger partial charge in [-0.2, -0.15) is 5.10 Å². The zero-order valence-corrected chi connectivity index (χ0v) is 19.1. The molecule has 6 nitrogen and oxygen atoms in total. The fourth-order valence-corrected chi connectivity index (χ4v) is 4.67. The van der Waals surface area contributed by atoms with Crippen LogP contribution in [0.5, 0.6) is 0 Å². The van der Waals surface area contributed by atoms with Gasteiger partial charge in [0, 0.05) is 40.8 Å². The lowest BCUT2D eigenvalue weighted by Crippen LogP contribution is -2.28. The number of pyridine rings is 1. The molecular weight excluding hydrogens is 438 g/mol. The maximum absolute atomic E-state index is 13.6. The molecular formula is C26H24ClN3O3. The van der Waals surface area contributed by atoms with Crippen LogP contribution in [0.25, 0.3) is 21.9 Å². The molecule has 1 unspecified atom stereocenters. The molecule has 0 saturated carbocycles. The highest BCUT2D eigenvalue weighted by Gasteiger charge is 2.24. The highest BCUT2D eigenvalue weighted by atomic mass is 35.5. The highest BCUT2D eigenvalue weighted by Crippen LogP contribution is 2.33. The Morgan fingerprint density at radius 1 is 1.18 bits per heavy atom. The third-order valence-electron chi connectivity index (χ3n) is 6.08. The SMILES string of the molecule is CCC(=O)c1c(-c2ccccc2)c2cc(Cl)ccc2c(=O)n1Cc1cnn(C2CCCO2)c1. The number of halogens is 1. The van der Waals surface area contributed by atoms with Crippen LogP contribution in [0.4, 0.5) is 0 Å². The van der Waals surface area contributed by atoms with E-state index in [1.807, 2.05) is 43.5 Å². The van der Waals surface area contributed by atoms with Crippen LogP contribution in [0, 0.1) is 0 Å². The van der Waals surface area contributed by atoms with Crippen molar-refractivity contribution in [3.63, 3.8) is 0 Å². The van der Waals surface area contributed by atoms with Crippen LogP contribution < -0.4 is 5.56 Å². The van der Waals surface area contributed by atoms with Crippen LogP contribution in [-0.2, 0) is 11.3 Å². The van der Waals surface area contributed by atoms with E-state index >= 15 is 0 Å². The first-order valence-corrected chi connectivity index (χ1v) is 11.5. The molecule has 33 heavy (non-hydrogen) atoms. The van der Waals surface area contributed by atoms with Gasteiger partial charge in [0.2, 0.25) is 0 Å². The molecule has 2 aromatic heterocycles. The fourth-order valence-electron chi connectivity index (χ4n) is 4.49. The summed E-state index contributed by atoms with van der Waals surface area (Å²) in [7, 11) is 0.